The van der Waals surface area contributed by atoms with Crippen LogP contribution in [0.3, 0.4) is 0 Å². The average molecular weight is 485 g/mol. The highest BCUT2D eigenvalue weighted by molar-refractivity contribution is 5.90. The summed E-state index contributed by atoms with van der Waals surface area (Å²) in [4.78, 5) is 16.9. The zero-order chi connectivity index (χ0) is 25.0. The van der Waals surface area contributed by atoms with E-state index in [1.54, 1.807) is 0 Å². The van der Waals surface area contributed by atoms with Crippen LogP contribution in [0, 0.1) is 0 Å². The largest absolute Gasteiger partial charge is 0.465 e. The van der Waals surface area contributed by atoms with Crippen LogP contribution in [-0.2, 0) is 15.1 Å². The normalized spacial score (nSPS) is 22.8. The minimum absolute atomic E-state index is 0.124. The summed E-state index contributed by atoms with van der Waals surface area (Å²) in [5, 5.41) is 0. The molecule has 0 aromatic heterocycles. The first-order chi connectivity index (χ1) is 17.6. The summed E-state index contributed by atoms with van der Waals surface area (Å²) in [6.45, 7) is 4.31. The first-order valence-corrected chi connectivity index (χ1v) is 13.0. The third-order valence-corrected chi connectivity index (χ3v) is 8.16. The zero-order valence-electron chi connectivity index (χ0n) is 21.4. The van der Waals surface area contributed by atoms with Gasteiger partial charge in [-0.05, 0) is 66.6 Å². The van der Waals surface area contributed by atoms with E-state index in [4.69, 9.17) is 9.47 Å². The standard InChI is InChI=1S/C31H36N2O3/c1-35-30(34)26-10-8-24(9-11-26)25-12-14-28(15-13-25)32-20-22-33(23-21-32)29-16-18-31(36-2,19-17-29)27-6-4-3-5-7-27/h3-15,29H,16-23H2,1-2H3/t29-,31+. The van der Waals surface area contributed by atoms with Gasteiger partial charge in [0.25, 0.3) is 0 Å². The van der Waals surface area contributed by atoms with E-state index in [0.29, 0.717) is 11.6 Å². The third kappa shape index (κ3) is 5.04. The molecule has 2 aliphatic rings. The number of carbonyl (C=O) groups is 1. The van der Waals surface area contributed by atoms with Crippen molar-refractivity contribution in [2.24, 2.45) is 0 Å². The Morgan fingerprint density at radius 2 is 1.36 bits per heavy atom. The van der Waals surface area contributed by atoms with E-state index >= 15 is 0 Å². The molecule has 0 radical (unpaired) electrons. The Morgan fingerprint density at radius 1 is 0.778 bits per heavy atom. The quantitative estimate of drug-likeness (QED) is 0.417. The second-order valence-corrected chi connectivity index (χ2v) is 9.93. The predicted molar refractivity (Wildman–Crippen MR) is 144 cm³/mol. The van der Waals surface area contributed by atoms with E-state index in [1.807, 2.05) is 31.4 Å². The maximum Gasteiger partial charge on any atom is 0.337 e. The predicted octanol–water partition coefficient (Wildman–Crippen LogP) is 5.75. The maximum atomic E-state index is 11.7. The summed E-state index contributed by atoms with van der Waals surface area (Å²) in [6.07, 6.45) is 4.54. The van der Waals surface area contributed by atoms with Crippen LogP contribution in [0.2, 0.25) is 0 Å². The Morgan fingerprint density at radius 3 is 1.92 bits per heavy atom. The van der Waals surface area contributed by atoms with Gasteiger partial charge in [0.2, 0.25) is 0 Å². The topological polar surface area (TPSA) is 42.0 Å². The van der Waals surface area contributed by atoms with Crippen LogP contribution in [-0.4, -0.2) is 57.3 Å². The van der Waals surface area contributed by atoms with Gasteiger partial charge in [0, 0.05) is 45.0 Å². The fraction of sp³-hybridized carbons (Fsp3) is 0.387. The van der Waals surface area contributed by atoms with Crippen molar-refractivity contribution in [1.82, 2.24) is 4.90 Å². The van der Waals surface area contributed by atoms with Gasteiger partial charge >= 0.3 is 5.97 Å². The number of nitrogens with zero attached hydrogens (tertiary/aromatic N) is 2. The molecule has 0 amide bonds. The molecule has 3 aromatic rings. The Balaban J connectivity index is 1.15. The van der Waals surface area contributed by atoms with Gasteiger partial charge in [0.05, 0.1) is 18.3 Å². The number of rotatable bonds is 6. The monoisotopic (exact) mass is 484 g/mol. The fourth-order valence-corrected chi connectivity index (χ4v) is 5.91. The molecule has 1 saturated carbocycles. The zero-order valence-corrected chi connectivity index (χ0v) is 21.4. The summed E-state index contributed by atoms with van der Waals surface area (Å²) in [6, 6.07) is 27.7. The molecule has 5 heteroatoms. The molecule has 188 valence electrons. The van der Waals surface area contributed by atoms with Gasteiger partial charge in [-0.15, -0.1) is 0 Å². The lowest BCUT2D eigenvalue weighted by molar-refractivity contribution is -0.0614. The van der Waals surface area contributed by atoms with Crippen molar-refractivity contribution in [3.8, 4) is 11.1 Å². The van der Waals surface area contributed by atoms with Crippen molar-refractivity contribution in [2.45, 2.75) is 37.3 Å². The summed E-state index contributed by atoms with van der Waals surface area (Å²) < 4.78 is 10.9. The second kappa shape index (κ2) is 10.9. The number of methoxy groups -OCH3 is 2. The molecule has 0 bridgehead atoms. The summed E-state index contributed by atoms with van der Waals surface area (Å²) >= 11 is 0. The Bertz CT molecular complexity index is 1130. The number of benzene rings is 3. The lowest BCUT2D eigenvalue weighted by Gasteiger charge is -2.46. The lowest BCUT2D eigenvalue weighted by Crippen LogP contribution is -2.52. The summed E-state index contributed by atoms with van der Waals surface area (Å²) in [5.41, 5.74) is 5.28. The van der Waals surface area contributed by atoms with Gasteiger partial charge in [-0.25, -0.2) is 4.79 Å². The van der Waals surface area contributed by atoms with Crippen molar-refractivity contribution in [1.29, 1.82) is 0 Å². The number of hydrogen-bond acceptors (Lipinski definition) is 5. The number of piperazine rings is 1. The number of carbonyl (C=O) groups excluding carboxylic acids is 1. The molecule has 5 rings (SSSR count). The molecule has 1 saturated heterocycles. The average Bonchev–Trinajstić information content (AvgIpc) is 2.97. The fourth-order valence-electron chi connectivity index (χ4n) is 5.91. The molecule has 0 unspecified atom stereocenters. The lowest BCUT2D eigenvalue weighted by atomic mass is 9.77. The summed E-state index contributed by atoms with van der Waals surface area (Å²) in [7, 11) is 3.27. The molecule has 0 atom stereocenters. The van der Waals surface area contributed by atoms with E-state index in [0.717, 1.165) is 50.1 Å². The second-order valence-electron chi connectivity index (χ2n) is 9.93. The molecule has 0 spiro atoms. The van der Waals surface area contributed by atoms with Crippen LogP contribution >= 0.6 is 0 Å². The van der Waals surface area contributed by atoms with Crippen LogP contribution in [0.1, 0.15) is 41.6 Å². The van der Waals surface area contributed by atoms with Crippen molar-refractivity contribution >= 4 is 11.7 Å². The maximum absolute atomic E-state index is 11.7. The smallest absolute Gasteiger partial charge is 0.337 e. The SMILES string of the molecule is COC(=O)c1ccc(-c2ccc(N3CCN([C@H]4CC[C@](OC)(c5ccccc5)CC4)CC3)cc2)cc1. The van der Waals surface area contributed by atoms with Crippen molar-refractivity contribution < 1.29 is 14.3 Å². The number of hydrogen-bond donors (Lipinski definition) is 0. The van der Waals surface area contributed by atoms with Crippen LogP contribution in [0.25, 0.3) is 11.1 Å². The summed E-state index contributed by atoms with van der Waals surface area (Å²) in [5.74, 6) is -0.307. The molecular weight excluding hydrogens is 448 g/mol. The molecule has 5 nitrogen and oxygen atoms in total. The van der Waals surface area contributed by atoms with Gasteiger partial charge in [-0.3, -0.25) is 4.90 Å². The minimum atomic E-state index is -0.307. The number of anilines is 1. The Labute approximate surface area is 214 Å². The highest BCUT2D eigenvalue weighted by atomic mass is 16.5. The first-order valence-electron chi connectivity index (χ1n) is 13.0. The van der Waals surface area contributed by atoms with Gasteiger partial charge in [-0.2, -0.15) is 0 Å². The molecule has 1 aliphatic heterocycles. The Hall–Kier alpha value is -3.15. The molecular formula is C31H36N2O3. The van der Waals surface area contributed by atoms with Crippen LogP contribution in [0.5, 0.6) is 0 Å². The van der Waals surface area contributed by atoms with Gasteiger partial charge in [0.15, 0.2) is 0 Å². The third-order valence-electron chi connectivity index (χ3n) is 8.16. The number of ether oxygens (including phenoxy) is 2. The number of esters is 1. The van der Waals surface area contributed by atoms with E-state index in [1.165, 1.54) is 31.2 Å². The molecule has 1 heterocycles. The van der Waals surface area contributed by atoms with Gasteiger partial charge in [0.1, 0.15) is 0 Å². The van der Waals surface area contributed by atoms with E-state index < -0.39 is 0 Å². The van der Waals surface area contributed by atoms with Gasteiger partial charge in [-0.1, -0.05) is 54.6 Å². The molecule has 1 aliphatic carbocycles. The van der Waals surface area contributed by atoms with Crippen molar-refractivity contribution in [2.75, 3.05) is 45.3 Å². The van der Waals surface area contributed by atoms with Gasteiger partial charge < -0.3 is 14.4 Å². The van der Waals surface area contributed by atoms with E-state index in [2.05, 4.69) is 64.4 Å². The first kappa shape index (κ1) is 24.5. The van der Waals surface area contributed by atoms with Crippen LogP contribution in [0.15, 0.2) is 78.9 Å². The van der Waals surface area contributed by atoms with Crippen molar-refractivity contribution in [3.05, 3.63) is 90.0 Å². The molecule has 3 aromatic carbocycles. The van der Waals surface area contributed by atoms with E-state index in [9.17, 15) is 4.79 Å². The Kier molecular flexibility index (Phi) is 7.40. The molecule has 36 heavy (non-hydrogen) atoms. The van der Waals surface area contributed by atoms with Crippen LogP contribution < -0.4 is 4.90 Å². The molecule has 0 N–H and O–H groups in total. The highest BCUT2D eigenvalue weighted by Gasteiger charge is 2.39. The van der Waals surface area contributed by atoms with Crippen LogP contribution in [0.4, 0.5) is 5.69 Å². The highest BCUT2D eigenvalue weighted by Crippen LogP contribution is 2.41. The van der Waals surface area contributed by atoms with Crippen molar-refractivity contribution in [3.63, 3.8) is 0 Å². The molecule has 2 fully saturated rings. The minimum Gasteiger partial charge on any atom is -0.465 e. The van der Waals surface area contributed by atoms with E-state index in [-0.39, 0.29) is 11.6 Å².